The number of hydrogen-bond acceptors (Lipinski definition) is 4. The van der Waals surface area contributed by atoms with Crippen molar-refractivity contribution in [1.29, 1.82) is 0 Å². The zero-order valence-corrected chi connectivity index (χ0v) is 15.0. The number of rotatable bonds is 7. The number of benzene rings is 2. The predicted octanol–water partition coefficient (Wildman–Crippen LogP) is 1.96. The van der Waals surface area contributed by atoms with Crippen LogP contribution in [0.4, 0.5) is 5.69 Å². The fourth-order valence-corrected chi connectivity index (χ4v) is 2.72. The number of nitrogens with one attached hydrogen (secondary N) is 3. The van der Waals surface area contributed by atoms with Gasteiger partial charge in [-0.3, -0.25) is 19.5 Å². The molecular weight excluding hydrogens is 358 g/mol. The maximum Gasteiger partial charge on any atom is 0.272 e. The summed E-state index contributed by atoms with van der Waals surface area (Å²) < 4.78 is 0. The van der Waals surface area contributed by atoms with E-state index in [-0.39, 0.29) is 24.6 Å². The third kappa shape index (κ3) is 4.24. The number of carbonyl (C=O) groups is 3. The first-order valence-corrected chi connectivity index (χ1v) is 8.56. The maximum absolute atomic E-state index is 12.4. The monoisotopic (exact) mass is 377 g/mol. The number of hydrogen-bond donors (Lipinski definition) is 4. The Balaban J connectivity index is 1.89. The second-order valence-electron chi connectivity index (χ2n) is 6.08. The molecule has 0 saturated carbocycles. The molecule has 0 aliphatic rings. The number of nitrogens with zero attached hydrogens (tertiary/aromatic N) is 1. The third-order valence-corrected chi connectivity index (χ3v) is 4.08. The summed E-state index contributed by atoms with van der Waals surface area (Å²) in [7, 11) is 0. The lowest BCUT2D eigenvalue weighted by Gasteiger charge is -2.07. The Morgan fingerprint density at radius 3 is 2.68 bits per heavy atom. The average Bonchev–Trinajstić information content (AvgIpc) is 3.11. The van der Waals surface area contributed by atoms with E-state index in [1.807, 2.05) is 36.4 Å². The number of fused-ring (bicyclic) bond motifs is 1. The molecule has 0 spiro atoms. The van der Waals surface area contributed by atoms with E-state index >= 15 is 0 Å². The molecule has 3 rings (SSSR count). The van der Waals surface area contributed by atoms with Crippen LogP contribution < -0.4 is 16.4 Å². The number of H-pyrrole nitrogens is 1. The molecule has 8 nitrogen and oxygen atoms in total. The van der Waals surface area contributed by atoms with E-state index in [1.165, 1.54) is 6.08 Å². The second kappa shape index (κ2) is 8.17. The quantitative estimate of drug-likeness (QED) is 0.469. The van der Waals surface area contributed by atoms with Crippen LogP contribution in [0.25, 0.3) is 22.0 Å². The van der Waals surface area contributed by atoms with Gasteiger partial charge in [-0.25, -0.2) is 0 Å². The highest BCUT2D eigenvalue weighted by atomic mass is 16.2. The molecule has 142 valence electrons. The van der Waals surface area contributed by atoms with Crippen molar-refractivity contribution in [2.45, 2.75) is 6.42 Å². The Bertz CT molecular complexity index is 1070. The number of amides is 3. The first-order chi connectivity index (χ1) is 13.5. The van der Waals surface area contributed by atoms with Crippen LogP contribution in [0.2, 0.25) is 0 Å². The number of anilines is 1. The molecule has 1 heterocycles. The summed E-state index contributed by atoms with van der Waals surface area (Å²) in [6, 6.07) is 12.9. The van der Waals surface area contributed by atoms with Gasteiger partial charge in [0.05, 0.1) is 5.52 Å². The fraction of sp³-hybridized carbons (Fsp3) is 0.100. The van der Waals surface area contributed by atoms with Crippen LogP contribution in [-0.4, -0.2) is 34.5 Å². The van der Waals surface area contributed by atoms with Gasteiger partial charge in [-0.1, -0.05) is 24.8 Å². The first-order valence-electron chi connectivity index (χ1n) is 8.56. The summed E-state index contributed by atoms with van der Waals surface area (Å²) in [5.41, 5.74) is 8.38. The lowest BCUT2D eigenvalue weighted by Crippen LogP contribution is -2.28. The molecule has 0 atom stereocenters. The minimum Gasteiger partial charge on any atom is -0.370 e. The number of carbonyl (C=O) groups excluding carboxylic acids is 3. The molecule has 0 radical (unpaired) electrons. The Kier molecular flexibility index (Phi) is 5.50. The fourth-order valence-electron chi connectivity index (χ4n) is 2.72. The van der Waals surface area contributed by atoms with E-state index in [0.717, 1.165) is 11.1 Å². The summed E-state index contributed by atoms with van der Waals surface area (Å²) in [5.74, 6) is -1.17. The highest BCUT2D eigenvalue weighted by Gasteiger charge is 2.15. The van der Waals surface area contributed by atoms with Crippen LogP contribution in [0.1, 0.15) is 16.9 Å². The van der Waals surface area contributed by atoms with E-state index in [9.17, 15) is 14.4 Å². The summed E-state index contributed by atoms with van der Waals surface area (Å²) in [6.45, 7) is 3.58. The Morgan fingerprint density at radius 2 is 1.93 bits per heavy atom. The number of aromatic nitrogens is 2. The predicted molar refractivity (Wildman–Crippen MR) is 107 cm³/mol. The Labute approximate surface area is 160 Å². The molecule has 0 unspecified atom stereocenters. The van der Waals surface area contributed by atoms with Crippen molar-refractivity contribution in [2.75, 3.05) is 11.9 Å². The van der Waals surface area contributed by atoms with Gasteiger partial charge in [-0.15, -0.1) is 0 Å². The topological polar surface area (TPSA) is 130 Å². The van der Waals surface area contributed by atoms with E-state index < -0.39 is 11.8 Å². The van der Waals surface area contributed by atoms with Gasteiger partial charge in [0.25, 0.3) is 5.91 Å². The van der Waals surface area contributed by atoms with Crippen LogP contribution >= 0.6 is 0 Å². The van der Waals surface area contributed by atoms with Gasteiger partial charge in [-0.2, -0.15) is 5.10 Å². The van der Waals surface area contributed by atoms with Crippen molar-refractivity contribution in [3.05, 3.63) is 60.8 Å². The van der Waals surface area contributed by atoms with Gasteiger partial charge >= 0.3 is 0 Å². The third-order valence-electron chi connectivity index (χ3n) is 4.08. The highest BCUT2D eigenvalue weighted by molar-refractivity contribution is 6.06. The highest BCUT2D eigenvalue weighted by Crippen LogP contribution is 2.27. The molecular formula is C20H19N5O3. The van der Waals surface area contributed by atoms with Crippen LogP contribution in [0.15, 0.2) is 55.1 Å². The van der Waals surface area contributed by atoms with Crippen LogP contribution in [0.3, 0.4) is 0 Å². The summed E-state index contributed by atoms with van der Waals surface area (Å²) in [5, 5.41) is 12.9. The van der Waals surface area contributed by atoms with Crippen molar-refractivity contribution in [3.8, 4) is 11.1 Å². The van der Waals surface area contributed by atoms with Gasteiger partial charge in [0, 0.05) is 24.0 Å². The van der Waals surface area contributed by atoms with Gasteiger partial charge < -0.3 is 16.4 Å². The summed E-state index contributed by atoms with van der Waals surface area (Å²) >= 11 is 0. The molecule has 1 aromatic heterocycles. The van der Waals surface area contributed by atoms with E-state index in [2.05, 4.69) is 27.4 Å². The lowest BCUT2D eigenvalue weighted by atomic mass is 10.0. The molecule has 5 N–H and O–H groups in total. The van der Waals surface area contributed by atoms with Crippen molar-refractivity contribution in [3.63, 3.8) is 0 Å². The maximum atomic E-state index is 12.4. The molecule has 2 aromatic carbocycles. The zero-order chi connectivity index (χ0) is 20.1. The minimum atomic E-state index is -0.488. The smallest absolute Gasteiger partial charge is 0.272 e. The van der Waals surface area contributed by atoms with Crippen molar-refractivity contribution in [2.24, 2.45) is 5.73 Å². The van der Waals surface area contributed by atoms with E-state index in [1.54, 1.807) is 6.07 Å². The molecule has 0 saturated heterocycles. The number of aromatic amines is 1. The van der Waals surface area contributed by atoms with E-state index in [4.69, 9.17) is 5.73 Å². The van der Waals surface area contributed by atoms with Gasteiger partial charge in [0.15, 0.2) is 5.69 Å². The zero-order valence-electron chi connectivity index (χ0n) is 15.0. The molecule has 0 aliphatic heterocycles. The molecule has 3 amide bonds. The molecule has 0 bridgehead atoms. The molecule has 28 heavy (non-hydrogen) atoms. The molecule has 3 aromatic rings. The first kappa shape index (κ1) is 18.8. The largest absolute Gasteiger partial charge is 0.370 e. The molecule has 0 fully saturated rings. The Morgan fingerprint density at radius 1 is 1.14 bits per heavy atom. The van der Waals surface area contributed by atoms with E-state index in [0.29, 0.717) is 16.6 Å². The number of nitrogens with two attached hydrogens (primary N) is 1. The van der Waals surface area contributed by atoms with Crippen LogP contribution in [-0.2, 0) is 9.59 Å². The average molecular weight is 377 g/mol. The summed E-state index contributed by atoms with van der Waals surface area (Å²) in [6.07, 6.45) is 1.26. The molecule has 8 heteroatoms. The SMILES string of the molecule is C=CC(=O)Nc1cccc(-c2ccc3[nH]nc(C(=O)NCCC(N)=O)c3c2)c1. The van der Waals surface area contributed by atoms with Crippen LogP contribution in [0.5, 0.6) is 0 Å². The van der Waals surface area contributed by atoms with Gasteiger partial charge in [-0.05, 0) is 41.5 Å². The van der Waals surface area contributed by atoms with Crippen LogP contribution in [0, 0.1) is 0 Å². The van der Waals surface area contributed by atoms with Gasteiger partial charge in [0.2, 0.25) is 11.8 Å². The Hall–Kier alpha value is -3.94. The van der Waals surface area contributed by atoms with Crippen molar-refractivity contribution < 1.29 is 14.4 Å². The van der Waals surface area contributed by atoms with Crippen molar-refractivity contribution >= 4 is 34.3 Å². The lowest BCUT2D eigenvalue weighted by molar-refractivity contribution is -0.118. The molecule has 0 aliphatic carbocycles. The normalized spacial score (nSPS) is 10.4. The van der Waals surface area contributed by atoms with Gasteiger partial charge in [0.1, 0.15) is 0 Å². The second-order valence-corrected chi connectivity index (χ2v) is 6.08. The standard InChI is InChI=1S/C20H19N5O3/c1-2-18(27)23-14-5-3-4-12(10-14)13-6-7-16-15(11-13)19(25-24-16)20(28)22-9-8-17(21)26/h2-7,10-11H,1,8-9H2,(H2,21,26)(H,22,28)(H,23,27)(H,24,25). The summed E-state index contributed by atoms with van der Waals surface area (Å²) in [4.78, 5) is 34.7. The minimum absolute atomic E-state index is 0.0581. The van der Waals surface area contributed by atoms with Crippen molar-refractivity contribution in [1.82, 2.24) is 15.5 Å². The number of primary amides is 1.